The SMILES string of the molecule is O=C1CC(=O)NN1.O=C1CC(=O)OCO1. The zero-order valence-corrected chi connectivity index (χ0v) is 7.57. The Morgan fingerprint density at radius 3 is 1.47 bits per heavy atom. The fraction of sp³-hybridized carbons (Fsp3) is 0.429. The van der Waals surface area contributed by atoms with Crippen LogP contribution in [0.25, 0.3) is 0 Å². The van der Waals surface area contributed by atoms with Crippen LogP contribution in [0.2, 0.25) is 0 Å². The molecule has 0 aromatic rings. The summed E-state index contributed by atoms with van der Waals surface area (Å²) in [6.07, 6.45) is -0.278. The normalized spacial score (nSPS) is 19.2. The quantitative estimate of drug-likeness (QED) is 0.357. The van der Waals surface area contributed by atoms with E-state index in [0.717, 1.165) is 0 Å². The highest BCUT2D eigenvalue weighted by atomic mass is 16.7. The Bertz CT molecular complexity index is 285. The smallest absolute Gasteiger partial charge is 0.320 e. The van der Waals surface area contributed by atoms with Gasteiger partial charge in [0.15, 0.2) is 0 Å². The first-order valence-corrected chi connectivity index (χ1v) is 3.97. The Balaban J connectivity index is 0.000000151. The molecule has 2 N–H and O–H groups in total. The highest BCUT2D eigenvalue weighted by Crippen LogP contribution is 1.97. The second-order valence-corrected chi connectivity index (χ2v) is 2.60. The van der Waals surface area contributed by atoms with Crippen LogP contribution in [-0.2, 0) is 28.7 Å². The van der Waals surface area contributed by atoms with Crippen LogP contribution in [0.15, 0.2) is 0 Å². The number of amides is 2. The summed E-state index contributed by atoms with van der Waals surface area (Å²) in [4.78, 5) is 40.4. The number of hydrogen-bond donors (Lipinski definition) is 2. The highest BCUT2D eigenvalue weighted by molar-refractivity contribution is 6.01. The molecule has 15 heavy (non-hydrogen) atoms. The van der Waals surface area contributed by atoms with Crippen molar-refractivity contribution in [3.8, 4) is 0 Å². The van der Waals surface area contributed by atoms with Crippen molar-refractivity contribution in [1.82, 2.24) is 10.9 Å². The van der Waals surface area contributed by atoms with Crippen LogP contribution in [0.4, 0.5) is 0 Å². The third-order valence-electron chi connectivity index (χ3n) is 1.39. The van der Waals surface area contributed by atoms with Gasteiger partial charge in [0.25, 0.3) is 0 Å². The molecule has 0 aliphatic carbocycles. The summed E-state index contributed by atoms with van der Waals surface area (Å²) < 4.78 is 8.53. The Labute approximate surface area is 83.9 Å². The third-order valence-corrected chi connectivity index (χ3v) is 1.39. The molecule has 8 heteroatoms. The molecule has 2 fully saturated rings. The molecular formula is C7H8N2O6. The molecule has 0 saturated carbocycles. The number of carbonyl (C=O) groups is 4. The summed E-state index contributed by atoms with van der Waals surface area (Å²) >= 11 is 0. The van der Waals surface area contributed by atoms with Crippen LogP contribution in [0.5, 0.6) is 0 Å². The van der Waals surface area contributed by atoms with Crippen molar-refractivity contribution in [3.05, 3.63) is 0 Å². The van der Waals surface area contributed by atoms with Crippen LogP contribution >= 0.6 is 0 Å². The summed E-state index contributed by atoms with van der Waals surface area (Å²) in [6, 6.07) is 0. The maximum absolute atomic E-state index is 10.2. The van der Waals surface area contributed by atoms with Crippen LogP contribution in [0, 0.1) is 0 Å². The molecule has 0 radical (unpaired) electrons. The fourth-order valence-electron chi connectivity index (χ4n) is 0.754. The van der Waals surface area contributed by atoms with Gasteiger partial charge in [-0.1, -0.05) is 0 Å². The van der Waals surface area contributed by atoms with Gasteiger partial charge in [-0.15, -0.1) is 0 Å². The molecule has 2 saturated heterocycles. The van der Waals surface area contributed by atoms with Gasteiger partial charge in [-0.05, 0) is 0 Å². The average Bonchev–Trinajstić information content (AvgIpc) is 2.50. The van der Waals surface area contributed by atoms with Crippen molar-refractivity contribution >= 4 is 23.8 Å². The first-order valence-electron chi connectivity index (χ1n) is 3.97. The van der Waals surface area contributed by atoms with E-state index in [0.29, 0.717) is 0 Å². The molecule has 2 amide bonds. The second kappa shape index (κ2) is 4.94. The molecule has 0 bridgehead atoms. The summed E-state index contributed by atoms with van der Waals surface area (Å²) in [6.45, 7) is -0.225. The van der Waals surface area contributed by atoms with Gasteiger partial charge < -0.3 is 9.47 Å². The van der Waals surface area contributed by atoms with Gasteiger partial charge in [0.1, 0.15) is 12.8 Å². The van der Waals surface area contributed by atoms with Gasteiger partial charge in [0.2, 0.25) is 18.6 Å². The standard InChI is InChI=1S/C4H4O4.C3H4N2O2/c5-3-1-4(6)8-2-7-3;6-2-1-3(7)5-4-2/h1-2H2;1H2,(H,4,6)(H,5,7). The minimum absolute atomic E-state index is 0.0278. The lowest BCUT2D eigenvalue weighted by atomic mass is 10.4. The van der Waals surface area contributed by atoms with Crippen molar-refractivity contribution in [3.63, 3.8) is 0 Å². The number of hydrogen-bond acceptors (Lipinski definition) is 6. The maximum Gasteiger partial charge on any atom is 0.320 e. The Hall–Kier alpha value is -2.12. The molecule has 82 valence electrons. The Kier molecular flexibility index (Phi) is 3.61. The van der Waals surface area contributed by atoms with Crippen LogP contribution < -0.4 is 10.9 Å². The second-order valence-electron chi connectivity index (χ2n) is 2.60. The maximum atomic E-state index is 10.2. The van der Waals surface area contributed by atoms with E-state index in [1.165, 1.54) is 0 Å². The van der Waals surface area contributed by atoms with Crippen molar-refractivity contribution in [1.29, 1.82) is 0 Å². The van der Waals surface area contributed by atoms with Crippen LogP contribution in [-0.4, -0.2) is 30.5 Å². The van der Waals surface area contributed by atoms with Crippen LogP contribution in [0.1, 0.15) is 12.8 Å². The van der Waals surface area contributed by atoms with Crippen molar-refractivity contribution < 1.29 is 28.7 Å². The van der Waals surface area contributed by atoms with Gasteiger partial charge in [-0.2, -0.15) is 0 Å². The monoisotopic (exact) mass is 216 g/mol. The number of carbonyl (C=O) groups excluding carboxylic acids is 4. The van der Waals surface area contributed by atoms with E-state index in [9.17, 15) is 19.2 Å². The number of esters is 2. The van der Waals surface area contributed by atoms with E-state index in [-0.39, 0.29) is 31.4 Å². The fourth-order valence-corrected chi connectivity index (χ4v) is 0.754. The first-order chi connectivity index (χ1) is 7.08. The molecule has 2 heterocycles. The number of ether oxygens (including phenoxy) is 2. The number of rotatable bonds is 0. The van der Waals surface area contributed by atoms with E-state index < -0.39 is 11.9 Å². The number of nitrogens with one attached hydrogen (secondary N) is 2. The minimum atomic E-state index is -0.513. The molecule has 8 nitrogen and oxygen atoms in total. The molecule has 0 aromatic carbocycles. The molecule has 0 aromatic heterocycles. The lowest BCUT2D eigenvalue weighted by Gasteiger charge is -2.09. The van der Waals surface area contributed by atoms with E-state index in [1.807, 2.05) is 0 Å². The van der Waals surface area contributed by atoms with E-state index in [2.05, 4.69) is 20.3 Å². The van der Waals surface area contributed by atoms with Gasteiger partial charge >= 0.3 is 11.9 Å². The summed E-state index contributed by atoms with van der Waals surface area (Å²) in [7, 11) is 0. The van der Waals surface area contributed by atoms with Gasteiger partial charge in [-0.3, -0.25) is 30.0 Å². The summed E-state index contributed by atoms with van der Waals surface area (Å²) in [5.41, 5.74) is 4.26. The predicted octanol–water partition coefficient (Wildman–Crippen LogP) is -2.03. The lowest BCUT2D eigenvalue weighted by Crippen LogP contribution is -2.28. The lowest BCUT2D eigenvalue weighted by molar-refractivity contribution is -0.181. The minimum Gasteiger partial charge on any atom is -0.427 e. The molecule has 0 atom stereocenters. The molecule has 2 rings (SSSR count). The largest absolute Gasteiger partial charge is 0.427 e. The zero-order valence-electron chi connectivity index (χ0n) is 7.57. The Morgan fingerprint density at radius 2 is 1.27 bits per heavy atom. The molecule has 0 spiro atoms. The van der Waals surface area contributed by atoms with Gasteiger partial charge in [0.05, 0.1) is 0 Å². The van der Waals surface area contributed by atoms with E-state index in [4.69, 9.17) is 0 Å². The third kappa shape index (κ3) is 4.07. The van der Waals surface area contributed by atoms with Gasteiger partial charge in [-0.25, -0.2) is 0 Å². The van der Waals surface area contributed by atoms with E-state index >= 15 is 0 Å². The molecule has 0 unspecified atom stereocenters. The molecule has 2 aliphatic heterocycles. The topological polar surface area (TPSA) is 111 Å². The first kappa shape index (κ1) is 11.0. The average molecular weight is 216 g/mol. The number of hydrazine groups is 1. The van der Waals surface area contributed by atoms with E-state index in [1.54, 1.807) is 0 Å². The molecule has 2 aliphatic rings. The Morgan fingerprint density at radius 1 is 0.800 bits per heavy atom. The number of cyclic esters (lactones) is 2. The van der Waals surface area contributed by atoms with Crippen molar-refractivity contribution in [2.75, 3.05) is 6.79 Å². The van der Waals surface area contributed by atoms with Gasteiger partial charge in [0, 0.05) is 0 Å². The van der Waals surface area contributed by atoms with Crippen LogP contribution in [0.3, 0.4) is 0 Å². The zero-order chi connectivity index (χ0) is 11.3. The summed E-state index contributed by atoms with van der Waals surface area (Å²) in [5, 5.41) is 0. The highest BCUT2D eigenvalue weighted by Gasteiger charge is 2.17. The molecular weight excluding hydrogens is 208 g/mol. The van der Waals surface area contributed by atoms with Crippen molar-refractivity contribution in [2.45, 2.75) is 12.8 Å². The predicted molar refractivity (Wildman–Crippen MR) is 42.6 cm³/mol. The van der Waals surface area contributed by atoms with Crippen molar-refractivity contribution in [2.24, 2.45) is 0 Å². The summed E-state index contributed by atoms with van der Waals surface area (Å²) in [5.74, 6) is -1.54.